The van der Waals surface area contributed by atoms with Crippen LogP contribution in [0.2, 0.25) is 0 Å². The fourth-order valence-corrected chi connectivity index (χ4v) is 3.08. The van der Waals surface area contributed by atoms with Crippen LogP contribution in [0.5, 0.6) is 5.75 Å². The van der Waals surface area contributed by atoms with Crippen LogP contribution in [0.25, 0.3) is 0 Å². The Morgan fingerprint density at radius 3 is 2.38 bits per heavy atom. The van der Waals surface area contributed by atoms with Gasteiger partial charge in [-0.15, -0.1) is 0 Å². The lowest BCUT2D eigenvalue weighted by Crippen LogP contribution is -2.26. The van der Waals surface area contributed by atoms with E-state index in [0.717, 1.165) is 30.0 Å². The number of rotatable bonds is 10. The van der Waals surface area contributed by atoms with Crippen LogP contribution in [-0.4, -0.2) is 32.0 Å². The van der Waals surface area contributed by atoms with Crippen LogP contribution in [0, 0.1) is 0 Å². The number of amides is 2. The molecule has 3 aromatic carbocycles. The zero-order valence-corrected chi connectivity index (χ0v) is 18.5. The van der Waals surface area contributed by atoms with E-state index in [1.807, 2.05) is 54.6 Å². The predicted molar refractivity (Wildman–Crippen MR) is 130 cm³/mol. The molecule has 0 radical (unpaired) electrons. The monoisotopic (exact) mass is 431 g/mol. The second-order valence-electron chi connectivity index (χ2n) is 7.41. The number of carbonyl (C=O) groups is 2. The third-order valence-electron chi connectivity index (χ3n) is 4.92. The number of para-hydroxylation sites is 1. The van der Waals surface area contributed by atoms with Gasteiger partial charge in [0.05, 0.1) is 13.2 Å². The van der Waals surface area contributed by atoms with E-state index < -0.39 is 0 Å². The Hall–Kier alpha value is -3.80. The molecule has 0 bridgehead atoms. The molecule has 0 heterocycles. The van der Waals surface area contributed by atoms with Crippen molar-refractivity contribution in [1.82, 2.24) is 0 Å². The molecule has 0 spiro atoms. The first-order chi connectivity index (χ1) is 15.6. The van der Waals surface area contributed by atoms with E-state index >= 15 is 0 Å². The quantitative estimate of drug-likeness (QED) is 0.433. The molecule has 0 aliphatic rings. The number of anilines is 3. The Morgan fingerprint density at radius 2 is 1.66 bits per heavy atom. The summed E-state index contributed by atoms with van der Waals surface area (Å²) >= 11 is 0. The number of hydrogen-bond donors (Lipinski definition) is 2. The van der Waals surface area contributed by atoms with Crippen molar-refractivity contribution in [1.29, 1.82) is 0 Å². The molecule has 0 aliphatic carbocycles. The summed E-state index contributed by atoms with van der Waals surface area (Å²) in [5, 5.41) is 5.94. The minimum Gasteiger partial charge on any atom is -0.494 e. The van der Waals surface area contributed by atoms with Crippen LogP contribution >= 0.6 is 0 Å². The molecule has 2 amide bonds. The van der Waals surface area contributed by atoms with Gasteiger partial charge in [0.2, 0.25) is 5.91 Å². The number of nitrogens with zero attached hydrogens (tertiary/aromatic N) is 1. The number of benzene rings is 3. The third-order valence-corrected chi connectivity index (χ3v) is 4.92. The number of carbonyl (C=O) groups excluding carboxylic acids is 2. The molecule has 0 aromatic heterocycles. The van der Waals surface area contributed by atoms with Gasteiger partial charge < -0.3 is 20.3 Å². The van der Waals surface area contributed by atoms with Crippen LogP contribution in [0.4, 0.5) is 17.1 Å². The first-order valence-electron chi connectivity index (χ1n) is 10.8. The highest BCUT2D eigenvalue weighted by Gasteiger charge is 2.13. The third kappa shape index (κ3) is 6.60. The largest absolute Gasteiger partial charge is 0.494 e. The highest BCUT2D eigenvalue weighted by molar-refractivity contribution is 6.05. The SMILES string of the molecule is CCCCOc1cccc(NC(=O)CNc2ccc(C(=O)N(C)c3ccccc3)cc2)c1. The van der Waals surface area contributed by atoms with E-state index in [1.54, 1.807) is 36.2 Å². The van der Waals surface area contributed by atoms with E-state index in [2.05, 4.69) is 17.6 Å². The van der Waals surface area contributed by atoms with Gasteiger partial charge in [0.15, 0.2) is 0 Å². The minimum absolute atomic E-state index is 0.0958. The number of nitrogens with one attached hydrogen (secondary N) is 2. The van der Waals surface area contributed by atoms with E-state index in [9.17, 15) is 9.59 Å². The highest BCUT2D eigenvalue weighted by atomic mass is 16.5. The van der Waals surface area contributed by atoms with E-state index in [-0.39, 0.29) is 18.4 Å². The molecule has 6 nitrogen and oxygen atoms in total. The summed E-state index contributed by atoms with van der Waals surface area (Å²) in [7, 11) is 1.75. The maximum Gasteiger partial charge on any atom is 0.258 e. The average molecular weight is 432 g/mol. The van der Waals surface area contributed by atoms with Crippen molar-refractivity contribution in [3.8, 4) is 5.75 Å². The second kappa shape index (κ2) is 11.6. The summed E-state index contributed by atoms with van der Waals surface area (Å²) in [5.41, 5.74) is 2.86. The first-order valence-corrected chi connectivity index (χ1v) is 10.8. The normalized spacial score (nSPS) is 10.3. The zero-order chi connectivity index (χ0) is 22.8. The summed E-state index contributed by atoms with van der Waals surface area (Å²) in [6.45, 7) is 2.88. The van der Waals surface area contributed by atoms with Gasteiger partial charge in [-0.3, -0.25) is 9.59 Å². The van der Waals surface area contributed by atoms with Gasteiger partial charge >= 0.3 is 0 Å². The van der Waals surface area contributed by atoms with E-state index in [1.165, 1.54) is 0 Å². The Labute approximate surface area is 189 Å². The Morgan fingerprint density at radius 1 is 0.906 bits per heavy atom. The molecule has 0 saturated carbocycles. The first kappa shape index (κ1) is 22.9. The predicted octanol–water partition coefficient (Wildman–Crippen LogP) is 5.19. The standard InChI is InChI=1S/C26H29N3O3/c1-3-4-17-32-24-12-8-9-22(18-24)28-25(30)19-27-21-15-13-20(14-16-21)26(31)29(2)23-10-6-5-7-11-23/h5-16,18,27H,3-4,17,19H2,1-2H3,(H,28,30). The Bertz CT molecular complexity index is 1020. The molecule has 6 heteroatoms. The maximum absolute atomic E-state index is 12.7. The molecule has 0 saturated heterocycles. The van der Waals surface area contributed by atoms with E-state index in [4.69, 9.17) is 4.74 Å². The van der Waals surface area contributed by atoms with Crippen LogP contribution in [0.15, 0.2) is 78.9 Å². The highest BCUT2D eigenvalue weighted by Crippen LogP contribution is 2.18. The minimum atomic E-state index is -0.167. The van der Waals surface area contributed by atoms with Gasteiger partial charge in [-0.05, 0) is 55.0 Å². The molecule has 3 rings (SSSR count). The van der Waals surface area contributed by atoms with Crippen LogP contribution in [0.1, 0.15) is 30.1 Å². The Kier molecular flexibility index (Phi) is 8.26. The lowest BCUT2D eigenvalue weighted by Gasteiger charge is -2.17. The molecule has 0 unspecified atom stereocenters. The molecule has 3 aromatic rings. The van der Waals surface area contributed by atoms with Crippen molar-refractivity contribution in [2.24, 2.45) is 0 Å². The summed E-state index contributed by atoms with van der Waals surface area (Å²) in [4.78, 5) is 26.6. The Balaban J connectivity index is 1.50. The van der Waals surface area contributed by atoms with Gasteiger partial charge in [-0.2, -0.15) is 0 Å². The fourth-order valence-electron chi connectivity index (χ4n) is 3.08. The molecule has 0 aliphatic heterocycles. The van der Waals surface area contributed by atoms with Gasteiger partial charge in [-0.1, -0.05) is 37.6 Å². The lowest BCUT2D eigenvalue weighted by atomic mass is 10.1. The summed E-state index contributed by atoms with van der Waals surface area (Å²) in [6, 6.07) is 23.9. The second-order valence-corrected chi connectivity index (χ2v) is 7.41. The van der Waals surface area contributed by atoms with Gasteiger partial charge in [0, 0.05) is 35.7 Å². The van der Waals surface area contributed by atoms with Crippen LogP contribution in [-0.2, 0) is 4.79 Å². The number of unbranched alkanes of at least 4 members (excludes halogenated alkanes) is 1. The molecular weight excluding hydrogens is 402 g/mol. The smallest absolute Gasteiger partial charge is 0.258 e. The summed E-state index contributed by atoms with van der Waals surface area (Å²) in [5.74, 6) is 0.478. The molecular formula is C26H29N3O3. The number of hydrogen-bond acceptors (Lipinski definition) is 4. The van der Waals surface area contributed by atoms with Crippen molar-refractivity contribution in [3.63, 3.8) is 0 Å². The number of ether oxygens (including phenoxy) is 1. The molecule has 166 valence electrons. The lowest BCUT2D eigenvalue weighted by molar-refractivity contribution is -0.114. The summed E-state index contributed by atoms with van der Waals surface area (Å²) in [6.07, 6.45) is 2.06. The zero-order valence-electron chi connectivity index (χ0n) is 18.5. The van der Waals surface area contributed by atoms with Crippen LogP contribution < -0.4 is 20.3 Å². The van der Waals surface area contributed by atoms with Crippen molar-refractivity contribution >= 4 is 28.9 Å². The topological polar surface area (TPSA) is 70.7 Å². The summed E-state index contributed by atoms with van der Waals surface area (Å²) < 4.78 is 5.68. The van der Waals surface area contributed by atoms with Crippen LogP contribution in [0.3, 0.4) is 0 Å². The van der Waals surface area contributed by atoms with Crippen molar-refractivity contribution in [3.05, 3.63) is 84.4 Å². The molecule has 0 fully saturated rings. The molecule has 32 heavy (non-hydrogen) atoms. The fraction of sp³-hybridized carbons (Fsp3) is 0.231. The van der Waals surface area contributed by atoms with Crippen molar-refractivity contribution in [2.45, 2.75) is 19.8 Å². The van der Waals surface area contributed by atoms with Gasteiger partial charge in [0.1, 0.15) is 5.75 Å². The van der Waals surface area contributed by atoms with Crippen molar-refractivity contribution in [2.75, 3.05) is 35.7 Å². The van der Waals surface area contributed by atoms with Crippen molar-refractivity contribution < 1.29 is 14.3 Å². The van der Waals surface area contributed by atoms with E-state index in [0.29, 0.717) is 17.9 Å². The average Bonchev–Trinajstić information content (AvgIpc) is 2.83. The maximum atomic E-state index is 12.7. The van der Waals surface area contributed by atoms with Gasteiger partial charge in [-0.25, -0.2) is 0 Å². The molecule has 2 N–H and O–H groups in total. The molecule has 0 atom stereocenters. The van der Waals surface area contributed by atoms with Gasteiger partial charge in [0.25, 0.3) is 5.91 Å².